The fourth-order valence-corrected chi connectivity index (χ4v) is 3.21. The molecule has 134 valence electrons. The molecule has 0 aliphatic heterocycles. The smallest absolute Gasteiger partial charge is 0.130 e. The van der Waals surface area contributed by atoms with Crippen molar-refractivity contribution in [2.24, 2.45) is 0 Å². The Bertz CT molecular complexity index is 1270. The van der Waals surface area contributed by atoms with Crippen LogP contribution in [0, 0.1) is 0 Å². The molecule has 0 radical (unpaired) electrons. The Labute approximate surface area is 161 Å². The van der Waals surface area contributed by atoms with E-state index in [1.165, 1.54) is 0 Å². The molecule has 0 fully saturated rings. The van der Waals surface area contributed by atoms with Gasteiger partial charge in [-0.3, -0.25) is 4.98 Å². The van der Waals surface area contributed by atoms with Crippen LogP contribution in [-0.4, -0.2) is 19.9 Å². The van der Waals surface area contributed by atoms with Gasteiger partial charge in [-0.1, -0.05) is 24.3 Å². The van der Waals surface area contributed by atoms with Crippen molar-refractivity contribution in [3.05, 3.63) is 91.1 Å². The van der Waals surface area contributed by atoms with E-state index in [9.17, 15) is 0 Å². The Morgan fingerprint density at radius 1 is 0.786 bits per heavy atom. The van der Waals surface area contributed by atoms with Crippen molar-refractivity contribution in [3.63, 3.8) is 0 Å². The van der Waals surface area contributed by atoms with Gasteiger partial charge in [0.15, 0.2) is 0 Å². The molecular formula is C23H16N4O. The lowest BCUT2D eigenvalue weighted by molar-refractivity contribution is 0.302. The van der Waals surface area contributed by atoms with Gasteiger partial charge in [0.05, 0.1) is 22.4 Å². The zero-order chi connectivity index (χ0) is 18.8. The summed E-state index contributed by atoms with van der Waals surface area (Å²) < 4.78 is 6.01. The summed E-state index contributed by atoms with van der Waals surface area (Å²) in [5, 5.41) is 2.06. The van der Waals surface area contributed by atoms with Crippen LogP contribution in [0.1, 0.15) is 5.69 Å². The van der Waals surface area contributed by atoms with Crippen molar-refractivity contribution in [3.8, 4) is 17.0 Å². The van der Waals surface area contributed by atoms with Crippen LogP contribution < -0.4 is 4.74 Å². The standard InChI is InChI=1S/C23H16N4O/c1-2-4-21-16(3-1)5-6-18(27-21)14-28-19-7-8-22-20(13-19)23(26-15-25-22)17-9-11-24-12-10-17/h1-13,15H,14H2. The van der Waals surface area contributed by atoms with Crippen LogP contribution in [0.3, 0.4) is 0 Å². The monoisotopic (exact) mass is 364 g/mol. The fourth-order valence-electron chi connectivity index (χ4n) is 3.21. The minimum Gasteiger partial charge on any atom is -0.487 e. The summed E-state index contributed by atoms with van der Waals surface area (Å²) in [5.74, 6) is 0.757. The van der Waals surface area contributed by atoms with Crippen molar-refractivity contribution in [2.45, 2.75) is 6.61 Å². The lowest BCUT2D eigenvalue weighted by Gasteiger charge is -2.09. The van der Waals surface area contributed by atoms with Crippen molar-refractivity contribution in [2.75, 3.05) is 0 Å². The second kappa shape index (κ2) is 7.04. The van der Waals surface area contributed by atoms with Crippen LogP contribution in [0.25, 0.3) is 33.1 Å². The summed E-state index contributed by atoms with van der Waals surface area (Å²) in [5.41, 5.74) is 4.59. The first-order valence-electron chi connectivity index (χ1n) is 8.99. The topological polar surface area (TPSA) is 60.8 Å². The molecule has 0 aliphatic carbocycles. The first kappa shape index (κ1) is 16.3. The molecule has 3 aromatic heterocycles. The number of pyridine rings is 2. The zero-order valence-corrected chi connectivity index (χ0v) is 15.0. The highest BCUT2D eigenvalue weighted by Gasteiger charge is 2.08. The molecule has 3 heterocycles. The van der Waals surface area contributed by atoms with E-state index in [1.54, 1.807) is 18.7 Å². The number of nitrogens with zero attached hydrogens (tertiary/aromatic N) is 4. The average Bonchev–Trinajstić information content (AvgIpc) is 2.77. The average molecular weight is 364 g/mol. The van der Waals surface area contributed by atoms with Gasteiger partial charge in [0, 0.05) is 28.7 Å². The third-order valence-corrected chi connectivity index (χ3v) is 4.60. The summed E-state index contributed by atoms with van der Waals surface area (Å²) in [6.07, 6.45) is 5.10. The van der Waals surface area contributed by atoms with Gasteiger partial charge in [0.25, 0.3) is 0 Å². The molecule has 5 nitrogen and oxygen atoms in total. The Kier molecular flexibility index (Phi) is 4.10. The molecule has 5 heteroatoms. The second-order valence-corrected chi connectivity index (χ2v) is 6.42. The van der Waals surface area contributed by atoms with Crippen molar-refractivity contribution in [1.82, 2.24) is 19.9 Å². The van der Waals surface area contributed by atoms with Crippen molar-refractivity contribution < 1.29 is 4.74 Å². The van der Waals surface area contributed by atoms with E-state index in [0.717, 1.165) is 44.5 Å². The van der Waals surface area contributed by atoms with Crippen LogP contribution in [-0.2, 0) is 6.61 Å². The zero-order valence-electron chi connectivity index (χ0n) is 15.0. The van der Waals surface area contributed by atoms with Gasteiger partial charge in [0.1, 0.15) is 18.7 Å². The summed E-state index contributed by atoms with van der Waals surface area (Å²) >= 11 is 0. The third kappa shape index (κ3) is 3.14. The van der Waals surface area contributed by atoms with E-state index >= 15 is 0 Å². The lowest BCUT2D eigenvalue weighted by Crippen LogP contribution is -1.99. The normalized spacial score (nSPS) is 11.0. The van der Waals surface area contributed by atoms with E-state index in [-0.39, 0.29) is 0 Å². The van der Waals surface area contributed by atoms with Crippen molar-refractivity contribution >= 4 is 21.8 Å². The molecule has 0 N–H and O–H groups in total. The SMILES string of the molecule is c1ccc2nc(COc3ccc4ncnc(-c5ccncc5)c4c3)ccc2c1. The minimum absolute atomic E-state index is 0.397. The molecule has 5 rings (SSSR count). The molecule has 0 aliphatic rings. The van der Waals surface area contributed by atoms with Crippen LogP contribution in [0.15, 0.2) is 85.5 Å². The molecule has 0 saturated carbocycles. The number of ether oxygens (including phenoxy) is 1. The third-order valence-electron chi connectivity index (χ3n) is 4.60. The maximum absolute atomic E-state index is 6.01. The predicted octanol–water partition coefficient (Wildman–Crippen LogP) is 4.82. The Balaban J connectivity index is 1.46. The maximum atomic E-state index is 6.01. The van der Waals surface area contributed by atoms with E-state index < -0.39 is 0 Å². The number of para-hydroxylation sites is 1. The Hall–Kier alpha value is -3.86. The second-order valence-electron chi connectivity index (χ2n) is 6.42. The molecule has 0 unspecified atom stereocenters. The van der Waals surface area contributed by atoms with Gasteiger partial charge in [-0.2, -0.15) is 0 Å². The van der Waals surface area contributed by atoms with Crippen LogP contribution >= 0.6 is 0 Å². The van der Waals surface area contributed by atoms with Gasteiger partial charge in [-0.25, -0.2) is 15.0 Å². The summed E-state index contributed by atoms with van der Waals surface area (Å²) in [7, 11) is 0. The summed E-state index contributed by atoms with van der Waals surface area (Å²) in [6, 6.07) is 21.9. The van der Waals surface area contributed by atoms with Crippen molar-refractivity contribution in [1.29, 1.82) is 0 Å². The molecule has 0 bridgehead atoms. The van der Waals surface area contributed by atoms with Gasteiger partial charge in [-0.15, -0.1) is 0 Å². The fraction of sp³-hybridized carbons (Fsp3) is 0.0435. The molecule has 28 heavy (non-hydrogen) atoms. The quantitative estimate of drug-likeness (QED) is 0.458. The molecule has 2 aromatic carbocycles. The largest absolute Gasteiger partial charge is 0.487 e. The molecule has 0 amide bonds. The first-order chi connectivity index (χ1) is 13.9. The minimum atomic E-state index is 0.397. The number of benzene rings is 2. The van der Waals surface area contributed by atoms with Crippen LogP contribution in [0.5, 0.6) is 5.75 Å². The molecule has 0 spiro atoms. The molecular weight excluding hydrogens is 348 g/mol. The van der Waals surface area contributed by atoms with E-state index in [2.05, 4.69) is 32.1 Å². The highest BCUT2D eigenvalue weighted by molar-refractivity contribution is 5.92. The van der Waals surface area contributed by atoms with E-state index in [1.807, 2.05) is 54.6 Å². The van der Waals surface area contributed by atoms with Gasteiger partial charge >= 0.3 is 0 Å². The highest BCUT2D eigenvalue weighted by atomic mass is 16.5. The number of hydrogen-bond donors (Lipinski definition) is 0. The van der Waals surface area contributed by atoms with E-state index in [4.69, 9.17) is 4.74 Å². The molecule has 0 saturated heterocycles. The van der Waals surface area contributed by atoms with Gasteiger partial charge in [-0.05, 0) is 42.5 Å². The van der Waals surface area contributed by atoms with E-state index in [0.29, 0.717) is 6.61 Å². The lowest BCUT2D eigenvalue weighted by atomic mass is 10.1. The first-order valence-corrected chi connectivity index (χ1v) is 8.99. The Morgan fingerprint density at radius 3 is 2.61 bits per heavy atom. The van der Waals surface area contributed by atoms with Gasteiger partial charge in [0.2, 0.25) is 0 Å². The number of hydrogen-bond acceptors (Lipinski definition) is 5. The predicted molar refractivity (Wildman–Crippen MR) is 109 cm³/mol. The maximum Gasteiger partial charge on any atom is 0.130 e. The number of fused-ring (bicyclic) bond motifs is 2. The van der Waals surface area contributed by atoms with Gasteiger partial charge < -0.3 is 4.74 Å². The number of rotatable bonds is 4. The van der Waals surface area contributed by atoms with Crippen LogP contribution in [0.4, 0.5) is 0 Å². The summed E-state index contributed by atoms with van der Waals surface area (Å²) in [6.45, 7) is 0.397. The highest BCUT2D eigenvalue weighted by Crippen LogP contribution is 2.28. The summed E-state index contributed by atoms with van der Waals surface area (Å²) in [4.78, 5) is 17.6. The molecule has 0 atom stereocenters. The Morgan fingerprint density at radius 2 is 1.68 bits per heavy atom. The molecule has 5 aromatic rings. The number of aromatic nitrogens is 4. The van der Waals surface area contributed by atoms with Crippen LogP contribution in [0.2, 0.25) is 0 Å².